The van der Waals surface area contributed by atoms with Gasteiger partial charge >= 0.3 is 0 Å². The van der Waals surface area contributed by atoms with Gasteiger partial charge in [-0.1, -0.05) is 0 Å². The third kappa shape index (κ3) is 2.38. The lowest BCUT2D eigenvalue weighted by molar-refractivity contribution is 0.298. The molecule has 0 aliphatic heterocycles. The smallest absolute Gasteiger partial charge is 0.139 e. The summed E-state index contributed by atoms with van der Waals surface area (Å²) >= 11 is 0. The molecule has 0 atom stereocenters. The number of nitrogens with zero attached hydrogens (tertiary/aromatic N) is 2. The highest BCUT2D eigenvalue weighted by molar-refractivity contribution is 5.59. The summed E-state index contributed by atoms with van der Waals surface area (Å²) < 4.78 is 7.23. The van der Waals surface area contributed by atoms with Crippen molar-refractivity contribution in [2.75, 3.05) is 13.7 Å². The third-order valence-electron chi connectivity index (χ3n) is 2.95. The maximum atomic E-state index is 8.94. The topological polar surface area (TPSA) is 47.3 Å². The van der Waals surface area contributed by atoms with Crippen LogP contribution in [0.4, 0.5) is 0 Å². The number of methoxy groups -OCH3 is 1. The van der Waals surface area contributed by atoms with Gasteiger partial charge in [0.25, 0.3) is 0 Å². The number of ether oxygens (including phenoxy) is 1. The normalized spacial score (nSPS) is 10.7. The van der Waals surface area contributed by atoms with Gasteiger partial charge in [0.1, 0.15) is 11.6 Å². The van der Waals surface area contributed by atoms with Crippen molar-refractivity contribution in [1.82, 2.24) is 9.55 Å². The van der Waals surface area contributed by atoms with Gasteiger partial charge in [-0.25, -0.2) is 4.98 Å². The molecule has 1 heterocycles. The molecule has 0 spiro atoms. The van der Waals surface area contributed by atoms with Crippen molar-refractivity contribution in [3.63, 3.8) is 0 Å². The molecule has 0 amide bonds. The first-order valence-corrected chi connectivity index (χ1v) is 5.94. The summed E-state index contributed by atoms with van der Waals surface area (Å²) in [6.45, 7) is 2.14. The number of hydrogen-bond donors (Lipinski definition) is 1. The Morgan fingerprint density at radius 3 is 2.78 bits per heavy atom. The van der Waals surface area contributed by atoms with E-state index in [0.717, 1.165) is 28.4 Å². The van der Waals surface area contributed by atoms with Gasteiger partial charge in [-0.05, 0) is 30.7 Å². The van der Waals surface area contributed by atoms with Gasteiger partial charge in [0.15, 0.2) is 0 Å². The van der Waals surface area contributed by atoms with Crippen molar-refractivity contribution in [3.05, 3.63) is 35.7 Å². The lowest BCUT2D eigenvalue weighted by Crippen LogP contribution is -1.93. The molecule has 0 unspecified atom stereocenters. The second kappa shape index (κ2) is 5.23. The van der Waals surface area contributed by atoms with Crippen LogP contribution in [0.5, 0.6) is 5.75 Å². The molecule has 2 rings (SSSR count). The molecule has 2 aromatic rings. The monoisotopic (exact) mass is 246 g/mol. The first-order chi connectivity index (χ1) is 8.65. The first kappa shape index (κ1) is 12.6. The Hall–Kier alpha value is -1.81. The molecular weight excluding hydrogens is 228 g/mol. The summed E-state index contributed by atoms with van der Waals surface area (Å²) in [6, 6.07) is 6.01. The van der Waals surface area contributed by atoms with E-state index < -0.39 is 0 Å². The summed E-state index contributed by atoms with van der Waals surface area (Å²) in [4.78, 5) is 4.53. The Kier molecular flexibility index (Phi) is 3.67. The highest BCUT2D eigenvalue weighted by atomic mass is 16.5. The molecule has 1 aromatic heterocycles. The Balaban J connectivity index is 2.39. The summed E-state index contributed by atoms with van der Waals surface area (Å²) in [5.74, 6) is 1.78. The highest BCUT2D eigenvalue weighted by Crippen LogP contribution is 2.25. The average Bonchev–Trinajstić information content (AvgIpc) is 2.71. The number of aryl methyl sites for hydroxylation is 2. The Bertz CT molecular complexity index is 547. The quantitative estimate of drug-likeness (QED) is 0.896. The van der Waals surface area contributed by atoms with Crippen LogP contribution in [0.2, 0.25) is 0 Å². The van der Waals surface area contributed by atoms with Crippen molar-refractivity contribution in [1.29, 1.82) is 0 Å². The van der Waals surface area contributed by atoms with Gasteiger partial charge in [-0.3, -0.25) is 0 Å². The van der Waals surface area contributed by atoms with Crippen molar-refractivity contribution < 1.29 is 9.84 Å². The largest absolute Gasteiger partial charge is 0.496 e. The van der Waals surface area contributed by atoms with Gasteiger partial charge < -0.3 is 14.4 Å². The average molecular weight is 246 g/mol. The maximum Gasteiger partial charge on any atom is 0.139 e. The zero-order chi connectivity index (χ0) is 13.1. The lowest BCUT2D eigenvalue weighted by Gasteiger charge is -2.07. The fraction of sp³-hybridized carbons (Fsp3) is 0.357. The number of rotatable bonds is 4. The van der Waals surface area contributed by atoms with Crippen LogP contribution in [0.25, 0.3) is 11.4 Å². The minimum atomic E-state index is 0.123. The van der Waals surface area contributed by atoms with E-state index in [1.807, 2.05) is 36.9 Å². The van der Waals surface area contributed by atoms with Crippen LogP contribution in [0.3, 0.4) is 0 Å². The number of imidazole rings is 1. The maximum absolute atomic E-state index is 8.94. The summed E-state index contributed by atoms with van der Waals surface area (Å²) in [6.07, 6.45) is 2.54. The van der Waals surface area contributed by atoms with E-state index in [1.54, 1.807) is 7.11 Å². The molecule has 4 nitrogen and oxygen atoms in total. The number of hydrogen-bond acceptors (Lipinski definition) is 3. The van der Waals surface area contributed by atoms with Crippen LogP contribution in [-0.2, 0) is 13.5 Å². The zero-order valence-corrected chi connectivity index (χ0v) is 11.0. The zero-order valence-electron chi connectivity index (χ0n) is 11.0. The summed E-state index contributed by atoms with van der Waals surface area (Å²) in [7, 11) is 3.63. The Labute approximate surface area is 107 Å². The predicted molar refractivity (Wildman–Crippen MR) is 70.7 cm³/mol. The summed E-state index contributed by atoms with van der Waals surface area (Å²) in [5, 5.41) is 8.94. The van der Waals surface area contributed by atoms with Gasteiger partial charge in [-0.15, -0.1) is 0 Å². The molecule has 0 aliphatic rings. The molecule has 18 heavy (non-hydrogen) atoms. The molecule has 1 aromatic carbocycles. The van der Waals surface area contributed by atoms with Crippen LogP contribution in [0.15, 0.2) is 24.4 Å². The summed E-state index contributed by atoms with van der Waals surface area (Å²) in [5.41, 5.74) is 3.05. The van der Waals surface area contributed by atoms with E-state index in [0.29, 0.717) is 6.42 Å². The second-order valence-electron chi connectivity index (χ2n) is 4.32. The SMILES string of the molecule is COc1ccc(-c2nc(CCO)cn2C)cc1C. The van der Waals surface area contributed by atoms with E-state index >= 15 is 0 Å². The lowest BCUT2D eigenvalue weighted by atomic mass is 10.1. The van der Waals surface area contributed by atoms with Gasteiger partial charge in [-0.2, -0.15) is 0 Å². The van der Waals surface area contributed by atoms with Gasteiger partial charge in [0.05, 0.1) is 12.8 Å². The number of aliphatic hydroxyl groups excluding tert-OH is 1. The van der Waals surface area contributed by atoms with Crippen LogP contribution in [-0.4, -0.2) is 28.4 Å². The second-order valence-corrected chi connectivity index (χ2v) is 4.32. The highest BCUT2D eigenvalue weighted by Gasteiger charge is 2.09. The van der Waals surface area contributed by atoms with E-state index in [2.05, 4.69) is 11.1 Å². The predicted octanol–water partition coefficient (Wildman–Crippen LogP) is 1.94. The fourth-order valence-corrected chi connectivity index (χ4v) is 2.05. The molecule has 0 radical (unpaired) electrons. The number of aliphatic hydroxyl groups is 1. The Morgan fingerprint density at radius 2 is 2.17 bits per heavy atom. The molecule has 0 bridgehead atoms. The molecule has 0 fully saturated rings. The standard InChI is InChI=1S/C14H18N2O2/c1-10-8-11(4-5-13(10)18-3)14-15-12(6-7-17)9-16(14)2/h4-5,8-9,17H,6-7H2,1-3H3. The number of benzene rings is 1. The van der Waals surface area contributed by atoms with Crippen molar-refractivity contribution in [2.24, 2.45) is 7.05 Å². The molecule has 4 heteroatoms. The van der Waals surface area contributed by atoms with Crippen LogP contribution >= 0.6 is 0 Å². The van der Waals surface area contributed by atoms with Crippen molar-refractivity contribution in [2.45, 2.75) is 13.3 Å². The van der Waals surface area contributed by atoms with Gasteiger partial charge in [0.2, 0.25) is 0 Å². The third-order valence-corrected chi connectivity index (χ3v) is 2.95. The van der Waals surface area contributed by atoms with Crippen molar-refractivity contribution in [3.8, 4) is 17.1 Å². The van der Waals surface area contributed by atoms with Gasteiger partial charge in [0, 0.05) is 31.8 Å². The molecule has 0 saturated heterocycles. The van der Waals surface area contributed by atoms with Crippen LogP contribution < -0.4 is 4.74 Å². The van der Waals surface area contributed by atoms with Crippen molar-refractivity contribution >= 4 is 0 Å². The molecule has 1 N–H and O–H groups in total. The fourth-order valence-electron chi connectivity index (χ4n) is 2.05. The molecule has 0 saturated carbocycles. The van der Waals surface area contributed by atoms with E-state index in [9.17, 15) is 0 Å². The van der Waals surface area contributed by atoms with Crippen LogP contribution in [0, 0.1) is 6.92 Å². The minimum absolute atomic E-state index is 0.123. The Morgan fingerprint density at radius 1 is 1.39 bits per heavy atom. The first-order valence-electron chi connectivity index (χ1n) is 5.94. The van der Waals surface area contributed by atoms with E-state index in [4.69, 9.17) is 9.84 Å². The number of aromatic nitrogens is 2. The van der Waals surface area contributed by atoms with E-state index in [1.165, 1.54) is 0 Å². The molecule has 0 aliphatic carbocycles. The van der Waals surface area contributed by atoms with E-state index in [-0.39, 0.29) is 6.61 Å². The van der Waals surface area contributed by atoms with Crippen LogP contribution in [0.1, 0.15) is 11.3 Å². The minimum Gasteiger partial charge on any atom is -0.496 e. The molecular formula is C14H18N2O2. The molecule has 96 valence electrons.